The lowest BCUT2D eigenvalue weighted by Crippen LogP contribution is -2.55. The summed E-state index contributed by atoms with van der Waals surface area (Å²) in [6.45, 7) is 4.30. The van der Waals surface area contributed by atoms with E-state index in [9.17, 15) is 0 Å². The summed E-state index contributed by atoms with van der Waals surface area (Å²) in [4.78, 5) is 5.10. The van der Waals surface area contributed by atoms with Crippen molar-refractivity contribution in [3.8, 4) is 22.3 Å². The van der Waals surface area contributed by atoms with Crippen LogP contribution in [-0.4, -0.2) is 6.98 Å². The summed E-state index contributed by atoms with van der Waals surface area (Å²) in [5.41, 5.74) is 12.2. The molecular formula is C38H33BN3+. The van der Waals surface area contributed by atoms with E-state index in [0.29, 0.717) is 0 Å². The van der Waals surface area contributed by atoms with Crippen LogP contribution in [0.4, 0.5) is 22.9 Å². The molecule has 1 aliphatic rings. The van der Waals surface area contributed by atoms with E-state index in [1.807, 2.05) is 0 Å². The SMILES string of the molecule is Cc1ccccc1N1B(c2c(-c3ccccc3)cccc2-c2ccccc2)N(c2ccccc2)c2c(C)cc[n+](C)c21. The molecule has 0 fully saturated rings. The van der Waals surface area contributed by atoms with Crippen LogP contribution in [0.3, 0.4) is 0 Å². The Labute approximate surface area is 249 Å². The third kappa shape index (κ3) is 4.28. The summed E-state index contributed by atoms with van der Waals surface area (Å²) >= 11 is 0. The van der Waals surface area contributed by atoms with Gasteiger partial charge in [-0.25, -0.2) is 4.57 Å². The highest BCUT2D eigenvalue weighted by Gasteiger charge is 2.55. The van der Waals surface area contributed by atoms with Gasteiger partial charge in [0.1, 0.15) is 11.4 Å². The molecule has 1 aliphatic heterocycles. The van der Waals surface area contributed by atoms with Crippen molar-refractivity contribution in [3.05, 3.63) is 157 Å². The van der Waals surface area contributed by atoms with Crippen molar-refractivity contribution in [1.29, 1.82) is 0 Å². The number of fused-ring (bicyclic) bond motifs is 1. The normalized spacial score (nSPS) is 12.5. The Balaban J connectivity index is 1.63. The maximum Gasteiger partial charge on any atom is 0.543 e. The molecule has 3 nitrogen and oxygen atoms in total. The molecule has 6 aromatic rings. The standard InChI is InChI=1S/C38H33BN3/c1-28-16-13-14-25-35(28)42-38-37(29(2)26-27-40(38)3)41(32-21-11-6-12-22-32)39(42)36-33(30-17-7-4-8-18-30)23-15-24-34(36)31-19-9-5-10-20-31/h4-27H,1-3H3/q+1. The number of anilines is 4. The number of nitrogens with zero attached hydrogens (tertiary/aromatic N) is 3. The molecule has 0 spiro atoms. The van der Waals surface area contributed by atoms with Crippen LogP contribution in [0.1, 0.15) is 11.1 Å². The summed E-state index contributed by atoms with van der Waals surface area (Å²) in [7, 11) is 2.16. The van der Waals surface area contributed by atoms with E-state index < -0.39 is 0 Å². The van der Waals surface area contributed by atoms with Gasteiger partial charge in [-0.05, 0) is 71.5 Å². The summed E-state index contributed by atoms with van der Waals surface area (Å²) in [5, 5.41) is 0. The predicted molar refractivity (Wildman–Crippen MR) is 177 cm³/mol. The van der Waals surface area contributed by atoms with Crippen molar-refractivity contribution in [1.82, 2.24) is 0 Å². The maximum atomic E-state index is 2.55. The highest BCUT2D eigenvalue weighted by molar-refractivity contribution is 6.86. The number of benzene rings is 5. The van der Waals surface area contributed by atoms with Gasteiger partial charge in [-0.1, -0.05) is 115 Å². The first-order valence-corrected chi connectivity index (χ1v) is 14.6. The topological polar surface area (TPSA) is 10.4 Å². The van der Waals surface area contributed by atoms with Gasteiger partial charge in [-0.15, -0.1) is 0 Å². The number of hydrogen-bond acceptors (Lipinski definition) is 2. The largest absolute Gasteiger partial charge is 0.543 e. The van der Waals surface area contributed by atoms with Gasteiger partial charge < -0.3 is 4.81 Å². The quantitative estimate of drug-likeness (QED) is 0.161. The molecule has 0 saturated heterocycles. The predicted octanol–water partition coefficient (Wildman–Crippen LogP) is 8.15. The molecule has 0 radical (unpaired) electrons. The van der Waals surface area contributed by atoms with Crippen molar-refractivity contribution in [2.45, 2.75) is 13.8 Å². The van der Waals surface area contributed by atoms with Crippen molar-refractivity contribution < 1.29 is 4.57 Å². The van der Waals surface area contributed by atoms with E-state index in [-0.39, 0.29) is 6.98 Å². The number of hydrogen-bond donors (Lipinski definition) is 0. The van der Waals surface area contributed by atoms with E-state index in [4.69, 9.17) is 0 Å². The summed E-state index contributed by atoms with van der Waals surface area (Å²) in [6.07, 6.45) is 2.19. The van der Waals surface area contributed by atoms with E-state index in [0.717, 1.165) is 5.69 Å². The molecule has 5 aromatic carbocycles. The molecule has 42 heavy (non-hydrogen) atoms. The van der Waals surface area contributed by atoms with Gasteiger partial charge in [0.15, 0.2) is 0 Å². The summed E-state index contributed by atoms with van der Waals surface area (Å²) in [5.74, 6) is 1.18. The molecule has 1 aromatic heterocycles. The lowest BCUT2D eigenvalue weighted by molar-refractivity contribution is -0.657. The van der Waals surface area contributed by atoms with Crippen LogP contribution in [0.15, 0.2) is 146 Å². The molecule has 0 amide bonds. The number of rotatable bonds is 5. The molecule has 0 bridgehead atoms. The Bertz CT molecular complexity index is 1810. The third-order valence-corrected chi connectivity index (χ3v) is 8.37. The molecule has 0 N–H and O–H groups in total. The monoisotopic (exact) mass is 542 g/mol. The molecule has 0 saturated carbocycles. The fourth-order valence-electron chi connectivity index (χ4n) is 6.43. The fourth-order valence-corrected chi connectivity index (χ4v) is 6.43. The molecular weight excluding hydrogens is 509 g/mol. The Morgan fingerprint density at radius 1 is 0.524 bits per heavy atom. The average molecular weight is 543 g/mol. The smallest absolute Gasteiger partial charge is 0.333 e. The van der Waals surface area contributed by atoms with Crippen LogP contribution in [0.2, 0.25) is 0 Å². The third-order valence-electron chi connectivity index (χ3n) is 8.37. The number of para-hydroxylation sites is 2. The Morgan fingerprint density at radius 3 is 1.67 bits per heavy atom. The first-order valence-electron chi connectivity index (χ1n) is 14.6. The van der Waals surface area contributed by atoms with Crippen LogP contribution in [0, 0.1) is 13.8 Å². The Morgan fingerprint density at radius 2 is 1.07 bits per heavy atom. The van der Waals surface area contributed by atoms with E-state index in [1.54, 1.807) is 0 Å². The minimum atomic E-state index is -0.151. The van der Waals surface area contributed by atoms with Crippen molar-refractivity contribution in [2.24, 2.45) is 7.05 Å². The second-order valence-electron chi connectivity index (χ2n) is 11.0. The number of pyridine rings is 1. The van der Waals surface area contributed by atoms with Crippen molar-refractivity contribution in [3.63, 3.8) is 0 Å². The number of aromatic nitrogens is 1. The lowest BCUT2D eigenvalue weighted by Gasteiger charge is -2.28. The minimum absolute atomic E-state index is 0.151. The molecule has 4 heteroatoms. The molecule has 0 aliphatic carbocycles. The zero-order valence-corrected chi connectivity index (χ0v) is 24.3. The zero-order valence-electron chi connectivity index (χ0n) is 24.3. The molecule has 202 valence electrons. The molecule has 2 heterocycles. The van der Waals surface area contributed by atoms with Gasteiger partial charge in [0.05, 0.1) is 13.2 Å². The van der Waals surface area contributed by atoms with Crippen LogP contribution in [-0.2, 0) is 7.05 Å². The average Bonchev–Trinajstić information content (AvgIpc) is 3.41. The van der Waals surface area contributed by atoms with Crippen LogP contribution < -0.4 is 19.7 Å². The van der Waals surface area contributed by atoms with Crippen LogP contribution in [0.5, 0.6) is 0 Å². The summed E-state index contributed by atoms with van der Waals surface area (Å²) in [6, 6.07) is 50.2. The molecule has 0 atom stereocenters. The van der Waals surface area contributed by atoms with Gasteiger partial charge in [0, 0.05) is 11.2 Å². The first-order chi connectivity index (χ1) is 20.6. The van der Waals surface area contributed by atoms with Crippen molar-refractivity contribution in [2.75, 3.05) is 9.62 Å². The second kappa shape index (κ2) is 10.7. The Kier molecular flexibility index (Phi) is 6.60. The van der Waals surface area contributed by atoms with Crippen molar-refractivity contribution >= 4 is 35.3 Å². The molecule has 7 rings (SSSR count). The maximum absolute atomic E-state index is 2.55. The van der Waals surface area contributed by atoms with Crippen LogP contribution >= 0.6 is 0 Å². The van der Waals surface area contributed by atoms with Crippen LogP contribution in [0.25, 0.3) is 22.3 Å². The van der Waals surface area contributed by atoms with E-state index in [2.05, 4.69) is 181 Å². The van der Waals surface area contributed by atoms with E-state index in [1.165, 1.54) is 56.0 Å². The van der Waals surface area contributed by atoms with Gasteiger partial charge in [0.2, 0.25) is 0 Å². The van der Waals surface area contributed by atoms with Gasteiger partial charge in [0.25, 0.3) is 5.82 Å². The highest BCUT2D eigenvalue weighted by atomic mass is 15.4. The Hall–Kier alpha value is -5.09. The molecule has 0 unspecified atom stereocenters. The van der Waals surface area contributed by atoms with E-state index >= 15 is 0 Å². The first kappa shape index (κ1) is 25.9. The summed E-state index contributed by atoms with van der Waals surface area (Å²) < 4.78 is 2.28. The minimum Gasteiger partial charge on any atom is -0.333 e. The second-order valence-corrected chi connectivity index (χ2v) is 11.0. The van der Waals surface area contributed by atoms with Gasteiger partial charge >= 0.3 is 6.98 Å². The number of aryl methyl sites for hydroxylation is 3. The fraction of sp³-hybridized carbons (Fsp3) is 0.0789. The zero-order chi connectivity index (χ0) is 28.6. The highest BCUT2D eigenvalue weighted by Crippen LogP contribution is 2.47. The lowest BCUT2D eigenvalue weighted by atomic mass is 9.59. The van der Waals surface area contributed by atoms with Gasteiger partial charge in [-0.2, -0.15) is 0 Å². The van der Waals surface area contributed by atoms with Gasteiger partial charge in [-0.3, -0.25) is 4.81 Å².